The molecule has 1 aliphatic rings. The third-order valence-electron chi connectivity index (χ3n) is 2.40. The quantitative estimate of drug-likeness (QED) is 0.694. The largest absolute Gasteiger partial charge is 0.485 e. The number of thiol groups is 1. The molecular formula is C14H14O5S2. The maximum Gasteiger partial charge on any atom is 0.298 e. The van der Waals surface area contributed by atoms with Crippen molar-refractivity contribution < 1.29 is 22.1 Å². The van der Waals surface area contributed by atoms with Gasteiger partial charge in [-0.25, -0.2) is 0 Å². The Morgan fingerprint density at radius 2 is 1.67 bits per heavy atom. The first-order chi connectivity index (χ1) is 10.3. The summed E-state index contributed by atoms with van der Waals surface area (Å²) in [4.78, 5) is 0. The molecule has 0 spiro atoms. The van der Waals surface area contributed by atoms with Gasteiger partial charge in [0.1, 0.15) is 19.5 Å². The van der Waals surface area contributed by atoms with Gasteiger partial charge in [0.2, 0.25) is 0 Å². The van der Waals surface area contributed by atoms with E-state index in [0.717, 1.165) is 23.3 Å². The van der Waals surface area contributed by atoms with E-state index in [-0.39, 0.29) is 0 Å². The van der Waals surface area contributed by atoms with E-state index >= 15 is 0 Å². The van der Waals surface area contributed by atoms with Gasteiger partial charge in [0.05, 0.1) is 0 Å². The lowest BCUT2D eigenvalue weighted by molar-refractivity contribution is 0.173. The lowest BCUT2D eigenvalue weighted by Gasteiger charge is -2.13. The predicted octanol–water partition coefficient (Wildman–Crippen LogP) is 2.72. The summed E-state index contributed by atoms with van der Waals surface area (Å²) in [5.41, 5.74) is 0.898. The zero-order chi connectivity index (χ0) is 14.9. The fourth-order valence-electron chi connectivity index (χ4n) is 1.51. The second-order valence-electron chi connectivity index (χ2n) is 3.84. The Labute approximate surface area is 128 Å². The number of benzene rings is 1. The number of thiophene rings is 1. The van der Waals surface area contributed by atoms with Crippen molar-refractivity contribution in [2.45, 2.75) is 0 Å². The Bertz CT molecular complexity index is 618. The summed E-state index contributed by atoms with van der Waals surface area (Å²) in [6, 6.07) is 9.29. The Morgan fingerprint density at radius 3 is 2.24 bits per heavy atom. The van der Waals surface area contributed by atoms with Crippen LogP contribution in [-0.2, 0) is 15.2 Å². The van der Waals surface area contributed by atoms with Crippen molar-refractivity contribution >= 4 is 28.4 Å². The molecule has 0 radical (unpaired) electrons. The van der Waals surface area contributed by atoms with Crippen LogP contribution in [0.4, 0.5) is 0 Å². The van der Waals surface area contributed by atoms with Gasteiger partial charge in [0, 0.05) is 10.8 Å². The fraction of sp³-hybridized carbons (Fsp3) is 0.143. The van der Waals surface area contributed by atoms with Gasteiger partial charge in [0.15, 0.2) is 11.5 Å². The summed E-state index contributed by atoms with van der Waals surface area (Å²) < 4.78 is 34.6. The van der Waals surface area contributed by atoms with Crippen LogP contribution in [0.2, 0.25) is 0 Å². The maximum absolute atomic E-state index is 9.95. The Morgan fingerprint density at radius 1 is 1.05 bits per heavy atom. The van der Waals surface area contributed by atoms with E-state index in [2.05, 4.69) is 4.18 Å². The highest BCUT2D eigenvalue weighted by atomic mass is 32.2. The van der Waals surface area contributed by atoms with E-state index in [4.69, 9.17) is 9.47 Å². The molecule has 2 aromatic rings. The summed E-state index contributed by atoms with van der Waals surface area (Å²) >= 11 is 1.61. The molecule has 112 valence electrons. The van der Waals surface area contributed by atoms with Gasteiger partial charge in [-0.3, -0.25) is 0 Å². The van der Waals surface area contributed by atoms with Crippen LogP contribution < -0.4 is 9.47 Å². The van der Waals surface area contributed by atoms with Crippen molar-refractivity contribution in [2.75, 3.05) is 13.2 Å². The van der Waals surface area contributed by atoms with Gasteiger partial charge >= 0.3 is 0 Å². The van der Waals surface area contributed by atoms with Crippen LogP contribution in [0, 0.1) is 0 Å². The van der Waals surface area contributed by atoms with Gasteiger partial charge in [0.25, 0.3) is 11.0 Å². The maximum atomic E-state index is 9.95. The van der Waals surface area contributed by atoms with Gasteiger partial charge in [-0.2, -0.15) is 8.42 Å². The zero-order valence-corrected chi connectivity index (χ0v) is 12.7. The first kappa shape index (κ1) is 15.4. The van der Waals surface area contributed by atoms with Crippen LogP contribution in [0.25, 0.3) is 6.08 Å². The number of rotatable bonds is 3. The van der Waals surface area contributed by atoms with Crippen LogP contribution in [-0.4, -0.2) is 21.6 Å². The number of fused-ring (bicyclic) bond motifs is 1. The monoisotopic (exact) mass is 326 g/mol. The van der Waals surface area contributed by atoms with Crippen molar-refractivity contribution in [1.29, 1.82) is 0 Å². The molecule has 21 heavy (non-hydrogen) atoms. The molecule has 0 saturated carbocycles. The van der Waals surface area contributed by atoms with E-state index in [9.17, 15) is 8.42 Å². The third kappa shape index (κ3) is 5.49. The molecule has 0 unspecified atom stereocenters. The van der Waals surface area contributed by atoms with Crippen molar-refractivity contribution in [3.63, 3.8) is 0 Å². The molecule has 0 N–H and O–H groups in total. The predicted molar refractivity (Wildman–Crippen MR) is 82.2 cm³/mol. The van der Waals surface area contributed by atoms with Crippen LogP contribution in [0.15, 0.2) is 47.4 Å². The summed E-state index contributed by atoms with van der Waals surface area (Å²) in [6.07, 6.45) is 2.71. The van der Waals surface area contributed by atoms with Crippen molar-refractivity contribution in [1.82, 2.24) is 0 Å². The lowest BCUT2D eigenvalue weighted by Crippen LogP contribution is -2.13. The van der Waals surface area contributed by atoms with Crippen LogP contribution in [0.5, 0.6) is 11.5 Å². The molecule has 0 saturated heterocycles. The smallest absolute Gasteiger partial charge is 0.298 e. The van der Waals surface area contributed by atoms with Crippen molar-refractivity contribution in [3.05, 3.63) is 52.9 Å². The van der Waals surface area contributed by atoms with E-state index in [1.165, 1.54) is 0 Å². The Hall–Kier alpha value is -1.99. The highest BCUT2D eigenvalue weighted by Gasteiger charge is 2.10. The summed E-state index contributed by atoms with van der Waals surface area (Å²) in [5.74, 6) is 1.79. The molecular weight excluding hydrogens is 312 g/mol. The second kappa shape index (κ2) is 8.33. The van der Waals surface area contributed by atoms with Gasteiger partial charge < -0.3 is 13.7 Å². The SMILES string of the molecule is O=[SH](=O)OC=Cc1ccccc1.c1scc2c1OCCO2. The molecule has 0 aliphatic carbocycles. The fourth-order valence-corrected chi connectivity index (χ4v) is 2.35. The standard InChI is InChI=1S/C8H8O3S.C6H6O2S/c9-12(10)11-7-6-8-4-2-1-3-5-8;1-2-8-6-4-9-3-5(6)7-1/h1-7,12H;3-4H,1-2H2. The van der Waals surface area contributed by atoms with E-state index < -0.39 is 11.0 Å². The minimum absolute atomic E-state index is 0.684. The number of hydrogen-bond acceptors (Lipinski definition) is 6. The number of ether oxygens (including phenoxy) is 2. The average molecular weight is 326 g/mol. The molecule has 2 heterocycles. The Kier molecular flexibility index (Phi) is 6.11. The van der Waals surface area contributed by atoms with E-state index in [1.54, 1.807) is 17.4 Å². The minimum atomic E-state index is -2.78. The molecule has 1 aromatic carbocycles. The molecule has 1 aromatic heterocycles. The van der Waals surface area contributed by atoms with Crippen LogP contribution in [0.3, 0.4) is 0 Å². The topological polar surface area (TPSA) is 61.8 Å². The first-order valence-corrected chi connectivity index (χ1v) is 8.14. The zero-order valence-electron chi connectivity index (χ0n) is 11.0. The summed E-state index contributed by atoms with van der Waals surface area (Å²) in [6.45, 7) is 1.37. The Balaban J connectivity index is 0.000000159. The third-order valence-corrected chi connectivity index (χ3v) is 3.39. The molecule has 0 bridgehead atoms. The van der Waals surface area contributed by atoms with Crippen molar-refractivity contribution in [3.8, 4) is 11.5 Å². The minimum Gasteiger partial charge on any atom is -0.485 e. The van der Waals surface area contributed by atoms with E-state index in [1.807, 2.05) is 41.1 Å². The second-order valence-corrected chi connectivity index (χ2v) is 5.24. The van der Waals surface area contributed by atoms with Gasteiger partial charge in [-0.05, 0) is 11.6 Å². The highest BCUT2D eigenvalue weighted by Crippen LogP contribution is 2.33. The number of hydrogen-bond donors (Lipinski definition) is 1. The summed E-state index contributed by atoms with van der Waals surface area (Å²) in [5, 5.41) is 3.91. The van der Waals surface area contributed by atoms with Crippen LogP contribution in [0.1, 0.15) is 5.56 Å². The molecule has 0 amide bonds. The molecule has 5 nitrogen and oxygen atoms in total. The van der Waals surface area contributed by atoms with Gasteiger partial charge in [-0.15, -0.1) is 11.3 Å². The first-order valence-electron chi connectivity index (χ1n) is 6.10. The molecule has 3 rings (SSSR count). The van der Waals surface area contributed by atoms with E-state index in [0.29, 0.717) is 13.2 Å². The molecule has 7 heteroatoms. The molecule has 0 atom stereocenters. The van der Waals surface area contributed by atoms with Crippen molar-refractivity contribution in [2.24, 2.45) is 0 Å². The molecule has 0 fully saturated rings. The van der Waals surface area contributed by atoms with Crippen LogP contribution >= 0.6 is 11.3 Å². The summed E-state index contributed by atoms with van der Waals surface area (Å²) in [7, 11) is -2.78. The molecule has 1 aliphatic heterocycles. The lowest BCUT2D eigenvalue weighted by atomic mass is 10.2. The highest BCUT2D eigenvalue weighted by molar-refractivity contribution is 7.67. The van der Waals surface area contributed by atoms with Gasteiger partial charge in [-0.1, -0.05) is 30.3 Å². The normalized spacial score (nSPS) is 12.8. The average Bonchev–Trinajstić information content (AvgIpc) is 2.97.